The molecule has 0 saturated carbocycles. The average Bonchev–Trinajstić information content (AvgIpc) is 2.78. The fourth-order valence-electron chi connectivity index (χ4n) is 1.97. The van der Waals surface area contributed by atoms with E-state index in [4.69, 9.17) is 18.9 Å². The summed E-state index contributed by atoms with van der Waals surface area (Å²) in [6.45, 7) is 4.37. The van der Waals surface area contributed by atoms with Crippen LogP contribution in [0, 0.1) is 0 Å². The molecule has 1 saturated heterocycles. The summed E-state index contributed by atoms with van der Waals surface area (Å²) >= 11 is 0. The van der Waals surface area contributed by atoms with Crippen LogP contribution >= 0.6 is 0 Å². The Bertz CT molecular complexity index is 485. The minimum atomic E-state index is -0.507. The largest absolute Gasteiger partial charge is 0.497 e. The molecule has 1 aromatic carbocycles. The topological polar surface area (TPSA) is 49.0 Å². The van der Waals surface area contributed by atoms with E-state index in [1.807, 2.05) is 44.3 Å². The lowest BCUT2D eigenvalue weighted by atomic mass is 10.2. The van der Waals surface area contributed by atoms with Gasteiger partial charge in [0.1, 0.15) is 17.6 Å². The van der Waals surface area contributed by atoms with Crippen molar-refractivity contribution in [2.45, 2.75) is 25.7 Å². The molecule has 0 bridgehead atoms. The highest BCUT2D eigenvalue weighted by atomic mass is 16.7. The second-order valence-corrected chi connectivity index (χ2v) is 4.94. The van der Waals surface area contributed by atoms with Gasteiger partial charge in [-0.3, -0.25) is 0 Å². The summed E-state index contributed by atoms with van der Waals surface area (Å²) in [5.41, 5.74) is 0.864. The Labute approximate surface area is 119 Å². The number of benzene rings is 1. The van der Waals surface area contributed by atoms with Gasteiger partial charge in [0.2, 0.25) is 0 Å². The second kappa shape index (κ2) is 6.15. The Morgan fingerprint density at radius 1 is 1.30 bits per heavy atom. The van der Waals surface area contributed by atoms with E-state index in [2.05, 4.69) is 5.32 Å². The minimum absolute atomic E-state index is 0.0401. The highest BCUT2D eigenvalue weighted by Gasteiger charge is 2.30. The number of anilines is 1. The Morgan fingerprint density at radius 3 is 2.70 bits per heavy atom. The lowest BCUT2D eigenvalue weighted by molar-refractivity contribution is -0.133. The third-order valence-corrected chi connectivity index (χ3v) is 2.99. The summed E-state index contributed by atoms with van der Waals surface area (Å²) in [6, 6.07) is 5.60. The highest BCUT2D eigenvalue weighted by Crippen LogP contribution is 2.29. The van der Waals surface area contributed by atoms with Crippen molar-refractivity contribution in [3.8, 4) is 11.5 Å². The zero-order valence-corrected chi connectivity index (χ0v) is 12.3. The maximum absolute atomic E-state index is 5.68. The summed E-state index contributed by atoms with van der Waals surface area (Å²) in [7, 11) is 3.25. The zero-order chi connectivity index (χ0) is 14.6. The maximum Gasteiger partial charge on any atom is 0.163 e. The summed E-state index contributed by atoms with van der Waals surface area (Å²) in [6.07, 6.45) is 3.72. The number of hydrogen-bond donors (Lipinski definition) is 1. The molecule has 1 aliphatic heterocycles. The van der Waals surface area contributed by atoms with Gasteiger partial charge >= 0.3 is 0 Å². The highest BCUT2D eigenvalue weighted by molar-refractivity contribution is 5.60. The summed E-state index contributed by atoms with van der Waals surface area (Å²) in [5, 5.41) is 3.17. The van der Waals surface area contributed by atoms with Crippen LogP contribution in [0.25, 0.3) is 0 Å². The molecule has 0 amide bonds. The van der Waals surface area contributed by atoms with Crippen LogP contribution in [0.5, 0.6) is 11.5 Å². The van der Waals surface area contributed by atoms with E-state index in [0.29, 0.717) is 6.61 Å². The smallest absolute Gasteiger partial charge is 0.163 e. The summed E-state index contributed by atoms with van der Waals surface area (Å²) in [4.78, 5) is 0. The van der Waals surface area contributed by atoms with E-state index in [1.165, 1.54) is 0 Å². The molecule has 0 aliphatic carbocycles. The number of rotatable bonds is 5. The minimum Gasteiger partial charge on any atom is -0.497 e. The Balaban J connectivity index is 1.97. The molecule has 1 aliphatic rings. The van der Waals surface area contributed by atoms with E-state index < -0.39 is 5.79 Å². The third-order valence-electron chi connectivity index (χ3n) is 2.99. The molecule has 2 rings (SSSR count). The van der Waals surface area contributed by atoms with Crippen LogP contribution in [0.4, 0.5) is 5.69 Å². The van der Waals surface area contributed by atoms with Crippen molar-refractivity contribution in [2.75, 3.05) is 26.1 Å². The molecule has 5 heteroatoms. The molecular weight excluding hydrogens is 258 g/mol. The van der Waals surface area contributed by atoms with Crippen LogP contribution in [0.15, 0.2) is 30.5 Å². The van der Waals surface area contributed by atoms with Gasteiger partial charge < -0.3 is 24.3 Å². The van der Waals surface area contributed by atoms with Crippen LogP contribution in [0.1, 0.15) is 13.8 Å². The standard InChI is InChI=1S/C15H21NO4/c1-15(2)19-10-12(20-15)7-8-16-13-6-5-11(17-3)9-14(13)18-4/h5-9,12,16H,10H2,1-4H3/b8-7+/t12-/m1/s1. The van der Waals surface area contributed by atoms with E-state index in [-0.39, 0.29) is 6.10 Å². The lowest BCUT2D eigenvalue weighted by Crippen LogP contribution is -2.20. The summed E-state index contributed by atoms with van der Waals surface area (Å²) in [5.74, 6) is 0.968. The molecule has 1 atom stereocenters. The molecule has 110 valence electrons. The van der Waals surface area contributed by atoms with Gasteiger partial charge in [-0.05, 0) is 38.3 Å². The van der Waals surface area contributed by atoms with Crippen molar-refractivity contribution in [1.82, 2.24) is 0 Å². The van der Waals surface area contributed by atoms with Gasteiger partial charge in [0, 0.05) is 6.07 Å². The van der Waals surface area contributed by atoms with Gasteiger partial charge in [-0.1, -0.05) is 0 Å². The number of hydrogen-bond acceptors (Lipinski definition) is 5. The van der Waals surface area contributed by atoms with Crippen LogP contribution < -0.4 is 14.8 Å². The fraction of sp³-hybridized carbons (Fsp3) is 0.467. The van der Waals surface area contributed by atoms with Crippen molar-refractivity contribution in [3.05, 3.63) is 30.5 Å². The first kappa shape index (κ1) is 14.7. The molecule has 1 fully saturated rings. The van der Waals surface area contributed by atoms with Crippen LogP contribution in [0.2, 0.25) is 0 Å². The van der Waals surface area contributed by atoms with Crippen LogP contribution in [-0.4, -0.2) is 32.7 Å². The SMILES string of the molecule is COc1ccc(N/C=C/[C@@H]2COC(C)(C)O2)c(OC)c1. The predicted molar refractivity (Wildman–Crippen MR) is 77.2 cm³/mol. The van der Waals surface area contributed by atoms with Crippen molar-refractivity contribution in [1.29, 1.82) is 0 Å². The molecular formula is C15H21NO4. The van der Waals surface area contributed by atoms with E-state index >= 15 is 0 Å². The molecule has 0 aromatic heterocycles. The van der Waals surface area contributed by atoms with E-state index in [9.17, 15) is 0 Å². The third kappa shape index (κ3) is 3.65. The molecule has 1 N–H and O–H groups in total. The monoisotopic (exact) mass is 279 g/mol. The zero-order valence-electron chi connectivity index (χ0n) is 12.3. The summed E-state index contributed by atoms with van der Waals surface area (Å²) < 4.78 is 21.6. The number of nitrogens with one attached hydrogen (secondary N) is 1. The van der Waals surface area contributed by atoms with Gasteiger partial charge in [-0.2, -0.15) is 0 Å². The molecule has 5 nitrogen and oxygen atoms in total. The first-order valence-corrected chi connectivity index (χ1v) is 6.51. The van der Waals surface area contributed by atoms with Crippen molar-refractivity contribution in [2.24, 2.45) is 0 Å². The molecule has 1 heterocycles. The van der Waals surface area contributed by atoms with Gasteiger partial charge in [0.15, 0.2) is 5.79 Å². The molecule has 20 heavy (non-hydrogen) atoms. The number of methoxy groups -OCH3 is 2. The molecule has 1 aromatic rings. The predicted octanol–water partition coefficient (Wildman–Crippen LogP) is 2.78. The fourth-order valence-corrected chi connectivity index (χ4v) is 1.97. The first-order valence-electron chi connectivity index (χ1n) is 6.51. The van der Waals surface area contributed by atoms with Gasteiger partial charge in [0.25, 0.3) is 0 Å². The van der Waals surface area contributed by atoms with Crippen molar-refractivity contribution < 1.29 is 18.9 Å². The molecule has 0 spiro atoms. The Hall–Kier alpha value is -1.72. The molecule has 0 radical (unpaired) electrons. The van der Waals surface area contributed by atoms with Crippen molar-refractivity contribution in [3.63, 3.8) is 0 Å². The Morgan fingerprint density at radius 2 is 2.10 bits per heavy atom. The molecule has 0 unspecified atom stereocenters. The second-order valence-electron chi connectivity index (χ2n) is 4.94. The van der Waals surface area contributed by atoms with Crippen LogP contribution in [0.3, 0.4) is 0 Å². The van der Waals surface area contributed by atoms with E-state index in [0.717, 1.165) is 17.2 Å². The van der Waals surface area contributed by atoms with Crippen molar-refractivity contribution >= 4 is 5.69 Å². The van der Waals surface area contributed by atoms with Gasteiger partial charge in [-0.15, -0.1) is 0 Å². The first-order chi connectivity index (χ1) is 9.54. The Kier molecular flexibility index (Phi) is 4.52. The lowest BCUT2D eigenvalue weighted by Gasteiger charge is -2.15. The van der Waals surface area contributed by atoms with Gasteiger partial charge in [0.05, 0.1) is 26.5 Å². The maximum atomic E-state index is 5.68. The number of ether oxygens (including phenoxy) is 4. The normalized spacial score (nSPS) is 21.1. The van der Waals surface area contributed by atoms with Gasteiger partial charge in [-0.25, -0.2) is 0 Å². The quantitative estimate of drug-likeness (QED) is 0.898. The van der Waals surface area contributed by atoms with E-state index in [1.54, 1.807) is 14.2 Å². The average molecular weight is 279 g/mol. The van der Waals surface area contributed by atoms with Crippen LogP contribution in [-0.2, 0) is 9.47 Å².